The summed E-state index contributed by atoms with van der Waals surface area (Å²) >= 11 is 0. The quantitative estimate of drug-likeness (QED) is 0.807. The number of nitrogens with zero attached hydrogens (tertiary/aromatic N) is 2. The Morgan fingerprint density at radius 2 is 1.96 bits per heavy atom. The SMILES string of the molecule is CC(CCN1CCCC1)NC(=O)Cn1c(=O)[nH]c2ccccc2c1=O. The molecule has 1 saturated heterocycles. The van der Waals surface area contributed by atoms with Gasteiger partial charge in [0.25, 0.3) is 5.56 Å². The van der Waals surface area contributed by atoms with E-state index in [4.69, 9.17) is 0 Å². The molecule has 0 bridgehead atoms. The van der Waals surface area contributed by atoms with Crippen LogP contribution in [-0.4, -0.2) is 46.0 Å². The zero-order chi connectivity index (χ0) is 17.8. The summed E-state index contributed by atoms with van der Waals surface area (Å²) in [6, 6.07) is 6.79. The van der Waals surface area contributed by atoms with E-state index in [-0.39, 0.29) is 18.5 Å². The molecule has 1 aliphatic heterocycles. The van der Waals surface area contributed by atoms with Gasteiger partial charge in [-0.05, 0) is 51.4 Å². The number of rotatable bonds is 6. The van der Waals surface area contributed by atoms with E-state index in [1.54, 1.807) is 24.3 Å². The van der Waals surface area contributed by atoms with Crippen molar-refractivity contribution >= 4 is 16.8 Å². The Kier molecular flexibility index (Phi) is 5.33. The summed E-state index contributed by atoms with van der Waals surface area (Å²) in [6.07, 6.45) is 3.34. The van der Waals surface area contributed by atoms with E-state index in [0.29, 0.717) is 10.9 Å². The lowest BCUT2D eigenvalue weighted by Crippen LogP contribution is -2.43. The Balaban J connectivity index is 1.63. The van der Waals surface area contributed by atoms with E-state index in [9.17, 15) is 14.4 Å². The molecule has 1 aromatic heterocycles. The lowest BCUT2D eigenvalue weighted by atomic mass is 10.2. The van der Waals surface area contributed by atoms with E-state index in [1.807, 2.05) is 6.92 Å². The number of likely N-dealkylation sites (tertiary alicyclic amines) is 1. The third kappa shape index (κ3) is 4.17. The van der Waals surface area contributed by atoms with Crippen LogP contribution in [0.2, 0.25) is 0 Å². The van der Waals surface area contributed by atoms with Gasteiger partial charge in [0, 0.05) is 12.6 Å². The van der Waals surface area contributed by atoms with Crippen LogP contribution in [0.5, 0.6) is 0 Å². The van der Waals surface area contributed by atoms with Gasteiger partial charge in [-0.1, -0.05) is 12.1 Å². The highest BCUT2D eigenvalue weighted by atomic mass is 16.2. The van der Waals surface area contributed by atoms with Crippen LogP contribution in [0.4, 0.5) is 0 Å². The summed E-state index contributed by atoms with van der Waals surface area (Å²) in [5.74, 6) is -0.322. The molecule has 0 radical (unpaired) electrons. The Bertz CT molecular complexity index is 864. The van der Waals surface area contributed by atoms with Crippen molar-refractivity contribution in [2.45, 2.75) is 38.8 Å². The summed E-state index contributed by atoms with van der Waals surface area (Å²) < 4.78 is 0.949. The van der Waals surface area contributed by atoms with Crippen molar-refractivity contribution in [3.8, 4) is 0 Å². The number of fused-ring (bicyclic) bond motifs is 1. The van der Waals surface area contributed by atoms with Crippen LogP contribution in [0.3, 0.4) is 0 Å². The summed E-state index contributed by atoms with van der Waals surface area (Å²) in [5, 5.41) is 3.28. The van der Waals surface area contributed by atoms with Gasteiger partial charge in [-0.25, -0.2) is 4.79 Å². The first-order valence-electron chi connectivity index (χ1n) is 8.78. The first-order chi connectivity index (χ1) is 12.0. The lowest BCUT2D eigenvalue weighted by Gasteiger charge is -2.19. The van der Waals surface area contributed by atoms with Crippen LogP contribution >= 0.6 is 0 Å². The highest BCUT2D eigenvalue weighted by Crippen LogP contribution is 2.08. The molecule has 25 heavy (non-hydrogen) atoms. The fourth-order valence-electron chi connectivity index (χ4n) is 3.26. The minimum atomic E-state index is -0.566. The maximum atomic E-state index is 12.4. The number of hydrogen-bond acceptors (Lipinski definition) is 4. The minimum Gasteiger partial charge on any atom is -0.352 e. The molecule has 0 saturated carbocycles. The van der Waals surface area contributed by atoms with Gasteiger partial charge in [-0.2, -0.15) is 0 Å². The van der Waals surface area contributed by atoms with Gasteiger partial charge < -0.3 is 15.2 Å². The average molecular weight is 344 g/mol. The van der Waals surface area contributed by atoms with Gasteiger partial charge in [0.05, 0.1) is 10.9 Å². The van der Waals surface area contributed by atoms with Crippen molar-refractivity contribution in [1.29, 1.82) is 0 Å². The second-order valence-electron chi connectivity index (χ2n) is 6.67. The van der Waals surface area contributed by atoms with Gasteiger partial charge in [0.2, 0.25) is 5.91 Å². The van der Waals surface area contributed by atoms with E-state index >= 15 is 0 Å². The second kappa shape index (κ2) is 7.65. The van der Waals surface area contributed by atoms with Crippen LogP contribution in [-0.2, 0) is 11.3 Å². The smallest absolute Gasteiger partial charge is 0.329 e. The lowest BCUT2D eigenvalue weighted by molar-refractivity contribution is -0.122. The molecule has 1 unspecified atom stereocenters. The monoisotopic (exact) mass is 344 g/mol. The number of aromatic amines is 1. The first kappa shape index (κ1) is 17.4. The Hall–Kier alpha value is -2.41. The summed E-state index contributed by atoms with van der Waals surface area (Å²) in [5.41, 5.74) is -0.532. The number of carbonyl (C=O) groups is 1. The van der Waals surface area contributed by atoms with Crippen molar-refractivity contribution in [1.82, 2.24) is 19.8 Å². The van der Waals surface area contributed by atoms with E-state index < -0.39 is 11.2 Å². The van der Waals surface area contributed by atoms with Gasteiger partial charge >= 0.3 is 5.69 Å². The molecule has 1 aliphatic rings. The van der Waals surface area contributed by atoms with E-state index in [2.05, 4.69) is 15.2 Å². The largest absolute Gasteiger partial charge is 0.352 e. The van der Waals surface area contributed by atoms with Crippen LogP contribution in [0, 0.1) is 0 Å². The van der Waals surface area contributed by atoms with Crippen molar-refractivity contribution < 1.29 is 4.79 Å². The van der Waals surface area contributed by atoms with Crippen LogP contribution < -0.4 is 16.6 Å². The molecule has 0 aliphatic carbocycles. The number of carbonyl (C=O) groups excluding carboxylic acids is 1. The third-order valence-electron chi connectivity index (χ3n) is 4.68. The molecule has 0 spiro atoms. The summed E-state index contributed by atoms with van der Waals surface area (Å²) in [6.45, 7) is 4.89. The summed E-state index contributed by atoms with van der Waals surface area (Å²) in [4.78, 5) is 41.8. The number of nitrogens with one attached hydrogen (secondary N) is 2. The predicted octanol–water partition coefficient (Wildman–Crippen LogP) is 0.680. The predicted molar refractivity (Wildman–Crippen MR) is 96.7 cm³/mol. The molecule has 134 valence electrons. The normalized spacial score (nSPS) is 16.2. The minimum absolute atomic E-state index is 0.00309. The average Bonchev–Trinajstić information content (AvgIpc) is 3.10. The summed E-state index contributed by atoms with van der Waals surface area (Å²) in [7, 11) is 0. The highest BCUT2D eigenvalue weighted by molar-refractivity contribution is 5.78. The fourth-order valence-corrected chi connectivity index (χ4v) is 3.26. The molecule has 2 heterocycles. The first-order valence-corrected chi connectivity index (χ1v) is 8.78. The fraction of sp³-hybridized carbons (Fsp3) is 0.500. The molecule has 1 amide bonds. The van der Waals surface area contributed by atoms with Crippen molar-refractivity contribution in [2.24, 2.45) is 0 Å². The zero-order valence-corrected chi connectivity index (χ0v) is 14.5. The maximum Gasteiger partial charge on any atom is 0.329 e. The van der Waals surface area contributed by atoms with Crippen LogP contribution in [0.25, 0.3) is 10.9 Å². The maximum absolute atomic E-state index is 12.4. The number of hydrogen-bond donors (Lipinski definition) is 2. The van der Waals surface area contributed by atoms with Gasteiger partial charge in [0.1, 0.15) is 6.54 Å². The molecular weight excluding hydrogens is 320 g/mol. The van der Waals surface area contributed by atoms with Crippen LogP contribution in [0.15, 0.2) is 33.9 Å². The molecule has 7 nitrogen and oxygen atoms in total. The molecule has 3 rings (SSSR count). The van der Waals surface area contributed by atoms with Crippen molar-refractivity contribution in [3.05, 3.63) is 45.1 Å². The van der Waals surface area contributed by atoms with Crippen LogP contribution in [0.1, 0.15) is 26.2 Å². The second-order valence-corrected chi connectivity index (χ2v) is 6.67. The molecule has 1 aromatic carbocycles. The standard InChI is InChI=1S/C18H24N4O3/c1-13(8-11-21-9-4-5-10-21)19-16(23)12-22-17(24)14-6-2-3-7-15(14)20-18(22)25/h2-3,6-7,13H,4-5,8-12H2,1H3,(H,19,23)(H,20,25). The van der Waals surface area contributed by atoms with Gasteiger partial charge in [-0.15, -0.1) is 0 Å². The Morgan fingerprint density at radius 3 is 2.72 bits per heavy atom. The zero-order valence-electron chi connectivity index (χ0n) is 14.5. The molecular formula is C18H24N4O3. The Morgan fingerprint density at radius 1 is 1.24 bits per heavy atom. The number of para-hydroxylation sites is 1. The number of benzene rings is 1. The van der Waals surface area contributed by atoms with Crippen molar-refractivity contribution in [3.63, 3.8) is 0 Å². The highest BCUT2D eigenvalue weighted by Gasteiger charge is 2.15. The molecule has 7 heteroatoms. The van der Waals surface area contributed by atoms with Gasteiger partial charge in [-0.3, -0.25) is 14.2 Å². The van der Waals surface area contributed by atoms with Crippen molar-refractivity contribution in [2.75, 3.05) is 19.6 Å². The third-order valence-corrected chi connectivity index (χ3v) is 4.68. The molecule has 1 atom stereocenters. The topological polar surface area (TPSA) is 87.2 Å². The molecule has 1 fully saturated rings. The Labute approximate surface area is 145 Å². The van der Waals surface area contributed by atoms with Gasteiger partial charge in [0.15, 0.2) is 0 Å². The number of H-pyrrole nitrogens is 1. The molecule has 2 N–H and O–H groups in total. The molecule has 2 aromatic rings. The number of aromatic nitrogens is 2. The number of amides is 1. The van der Waals surface area contributed by atoms with E-state index in [0.717, 1.165) is 30.6 Å². The van der Waals surface area contributed by atoms with E-state index in [1.165, 1.54) is 12.8 Å².